The molecule has 3 nitrogen and oxygen atoms in total. The van der Waals surface area contributed by atoms with Gasteiger partial charge in [-0.1, -0.05) is 36.4 Å². The van der Waals surface area contributed by atoms with Crippen molar-refractivity contribution < 1.29 is 9.53 Å². The Morgan fingerprint density at radius 1 is 1.24 bits per heavy atom. The zero-order valence-corrected chi connectivity index (χ0v) is 12.8. The van der Waals surface area contributed by atoms with Gasteiger partial charge in [0.15, 0.2) is 5.60 Å². The third-order valence-corrected chi connectivity index (χ3v) is 4.20. The lowest BCUT2D eigenvalue weighted by atomic mass is 9.84. The molecular formula is C17H20ClNO2. The largest absolute Gasteiger partial charge is 0.486 e. The van der Waals surface area contributed by atoms with Crippen LogP contribution in [0.1, 0.15) is 18.4 Å². The van der Waals surface area contributed by atoms with Gasteiger partial charge in [0, 0.05) is 32.5 Å². The Bertz CT molecular complexity index is 545. The van der Waals surface area contributed by atoms with Gasteiger partial charge in [-0.05, 0) is 5.56 Å². The van der Waals surface area contributed by atoms with Gasteiger partial charge in [-0.2, -0.15) is 0 Å². The minimum atomic E-state index is -0.622. The molecule has 0 aromatic heterocycles. The maximum atomic E-state index is 12.7. The van der Waals surface area contributed by atoms with Crippen molar-refractivity contribution in [1.82, 2.24) is 4.90 Å². The Hall–Kier alpha value is -1.58. The van der Waals surface area contributed by atoms with Crippen LogP contribution >= 0.6 is 12.4 Å². The third-order valence-electron chi connectivity index (χ3n) is 4.20. The second-order valence-electron chi connectivity index (χ2n) is 5.43. The zero-order chi connectivity index (χ0) is 14.0. The number of ketones is 1. The molecule has 1 aromatic carbocycles. The van der Waals surface area contributed by atoms with Crippen LogP contribution in [-0.2, 0) is 9.53 Å². The highest BCUT2D eigenvalue weighted by Crippen LogP contribution is 2.38. The molecule has 0 radical (unpaired) electrons. The van der Waals surface area contributed by atoms with E-state index < -0.39 is 5.60 Å². The van der Waals surface area contributed by atoms with Crippen LogP contribution in [0.2, 0.25) is 0 Å². The van der Waals surface area contributed by atoms with Crippen molar-refractivity contribution in [2.45, 2.75) is 18.4 Å². The number of Topliss-reactive ketones (excluding diaryl/α,β-unsaturated/α-hetero) is 1. The monoisotopic (exact) mass is 305 g/mol. The van der Waals surface area contributed by atoms with Gasteiger partial charge < -0.3 is 4.74 Å². The fraction of sp³-hybridized carbons (Fsp3) is 0.353. The van der Waals surface area contributed by atoms with E-state index in [0.717, 1.165) is 38.0 Å². The molecule has 0 amide bonds. The topological polar surface area (TPSA) is 29.5 Å². The van der Waals surface area contributed by atoms with Crippen molar-refractivity contribution in [3.8, 4) is 0 Å². The van der Waals surface area contributed by atoms with Crippen molar-refractivity contribution in [3.63, 3.8) is 0 Å². The van der Waals surface area contributed by atoms with Gasteiger partial charge in [0.25, 0.3) is 0 Å². The summed E-state index contributed by atoms with van der Waals surface area (Å²) in [7, 11) is 0. The van der Waals surface area contributed by atoms with Crippen LogP contribution < -0.4 is 0 Å². The first-order chi connectivity index (χ1) is 9.75. The minimum absolute atomic E-state index is 0. The van der Waals surface area contributed by atoms with Gasteiger partial charge in [0.2, 0.25) is 5.78 Å². The Morgan fingerprint density at radius 3 is 2.52 bits per heavy atom. The summed E-state index contributed by atoms with van der Waals surface area (Å²) >= 11 is 0. The van der Waals surface area contributed by atoms with E-state index in [1.807, 2.05) is 36.4 Å². The predicted molar refractivity (Wildman–Crippen MR) is 86.4 cm³/mol. The fourth-order valence-corrected chi connectivity index (χ4v) is 2.97. The minimum Gasteiger partial charge on any atom is -0.486 e. The number of halogens is 1. The summed E-state index contributed by atoms with van der Waals surface area (Å²) in [5.74, 6) is 0.141. The number of hydrogen-bond acceptors (Lipinski definition) is 3. The Balaban J connectivity index is 0.00000161. The van der Waals surface area contributed by atoms with E-state index in [4.69, 9.17) is 4.74 Å². The Labute approximate surface area is 131 Å². The number of piperidine rings is 1. The van der Waals surface area contributed by atoms with Crippen LogP contribution in [-0.4, -0.2) is 35.9 Å². The molecule has 2 aliphatic heterocycles. The molecule has 0 saturated carbocycles. The number of rotatable bonds is 3. The fourth-order valence-electron chi connectivity index (χ4n) is 2.97. The number of carbonyl (C=O) groups is 1. The van der Waals surface area contributed by atoms with Gasteiger partial charge in [-0.15, -0.1) is 19.0 Å². The van der Waals surface area contributed by atoms with E-state index >= 15 is 0 Å². The smallest absolute Gasteiger partial charge is 0.210 e. The van der Waals surface area contributed by atoms with Gasteiger partial charge in [0.05, 0.1) is 11.8 Å². The second-order valence-corrected chi connectivity index (χ2v) is 5.43. The van der Waals surface area contributed by atoms with Crippen LogP contribution in [0.25, 0.3) is 5.57 Å². The summed E-state index contributed by atoms with van der Waals surface area (Å²) in [6.45, 7) is 6.40. The van der Waals surface area contributed by atoms with Gasteiger partial charge in [0.1, 0.15) is 0 Å². The lowest BCUT2D eigenvalue weighted by Gasteiger charge is -2.37. The highest BCUT2D eigenvalue weighted by atomic mass is 35.5. The molecule has 3 rings (SSSR count). The van der Waals surface area contributed by atoms with E-state index in [-0.39, 0.29) is 18.2 Å². The van der Waals surface area contributed by atoms with Gasteiger partial charge in [-0.3, -0.25) is 9.69 Å². The Kier molecular flexibility index (Phi) is 4.86. The molecule has 4 heteroatoms. The van der Waals surface area contributed by atoms with Gasteiger partial charge in [-0.25, -0.2) is 0 Å². The van der Waals surface area contributed by atoms with Gasteiger partial charge >= 0.3 is 0 Å². The molecule has 0 N–H and O–H groups in total. The lowest BCUT2D eigenvalue weighted by Crippen LogP contribution is -2.48. The summed E-state index contributed by atoms with van der Waals surface area (Å²) in [4.78, 5) is 15.0. The Morgan fingerprint density at radius 2 is 1.90 bits per heavy atom. The number of carbonyl (C=O) groups excluding carboxylic acids is 1. The molecule has 1 spiro atoms. The van der Waals surface area contributed by atoms with Crippen LogP contribution in [0.15, 0.2) is 49.2 Å². The molecule has 21 heavy (non-hydrogen) atoms. The lowest BCUT2D eigenvalue weighted by molar-refractivity contribution is -0.133. The highest BCUT2D eigenvalue weighted by Gasteiger charge is 2.47. The highest BCUT2D eigenvalue weighted by molar-refractivity contribution is 6.26. The van der Waals surface area contributed by atoms with Crippen LogP contribution in [0, 0.1) is 0 Å². The molecule has 112 valence electrons. The average molecular weight is 306 g/mol. The molecule has 0 unspecified atom stereocenters. The summed E-state index contributed by atoms with van der Waals surface area (Å²) in [6, 6.07) is 9.76. The zero-order valence-electron chi connectivity index (χ0n) is 12.0. The number of ether oxygens (including phenoxy) is 1. The average Bonchev–Trinajstić information content (AvgIpc) is 2.80. The van der Waals surface area contributed by atoms with Crippen molar-refractivity contribution in [2.75, 3.05) is 19.6 Å². The molecule has 0 aliphatic carbocycles. The van der Waals surface area contributed by atoms with Crippen molar-refractivity contribution >= 4 is 23.8 Å². The van der Waals surface area contributed by atoms with Crippen LogP contribution in [0.5, 0.6) is 0 Å². The second kappa shape index (κ2) is 6.46. The molecular weight excluding hydrogens is 286 g/mol. The maximum absolute atomic E-state index is 12.7. The summed E-state index contributed by atoms with van der Waals surface area (Å²) in [6.07, 6.45) is 5.07. The molecule has 1 saturated heterocycles. The van der Waals surface area contributed by atoms with Crippen molar-refractivity contribution in [1.29, 1.82) is 0 Å². The summed E-state index contributed by atoms with van der Waals surface area (Å²) in [5, 5.41) is 0. The number of nitrogens with zero attached hydrogens (tertiary/aromatic N) is 1. The number of hydrogen-bond donors (Lipinski definition) is 0. The van der Waals surface area contributed by atoms with E-state index in [0.29, 0.717) is 5.57 Å². The standard InChI is InChI=1S/C17H19NO2.ClH/c1-2-10-18-11-8-17(9-12-18)16(19)15(13-20-17)14-6-4-3-5-7-14;/h2-7,13H,1,8-12H2;1H. The van der Waals surface area contributed by atoms with Crippen LogP contribution in [0.3, 0.4) is 0 Å². The number of likely N-dealkylation sites (tertiary alicyclic amines) is 1. The van der Waals surface area contributed by atoms with E-state index in [1.165, 1.54) is 0 Å². The first kappa shape index (κ1) is 15.8. The maximum Gasteiger partial charge on any atom is 0.210 e. The van der Waals surface area contributed by atoms with Crippen molar-refractivity contribution in [2.24, 2.45) is 0 Å². The summed E-state index contributed by atoms with van der Waals surface area (Å²) in [5.41, 5.74) is 1.04. The quantitative estimate of drug-likeness (QED) is 0.804. The van der Waals surface area contributed by atoms with E-state index in [2.05, 4.69) is 11.5 Å². The van der Waals surface area contributed by atoms with E-state index in [1.54, 1.807) is 6.26 Å². The molecule has 1 aromatic rings. The van der Waals surface area contributed by atoms with Crippen LogP contribution in [0.4, 0.5) is 0 Å². The predicted octanol–water partition coefficient (Wildman–Crippen LogP) is 3.07. The van der Waals surface area contributed by atoms with E-state index in [9.17, 15) is 4.79 Å². The SMILES string of the molecule is C=CCN1CCC2(CC1)OC=C(c1ccccc1)C2=O.Cl. The summed E-state index contributed by atoms with van der Waals surface area (Å²) < 4.78 is 5.82. The first-order valence-corrected chi connectivity index (χ1v) is 7.07. The molecule has 0 bridgehead atoms. The normalized spacial score (nSPS) is 20.6. The molecule has 2 aliphatic rings. The van der Waals surface area contributed by atoms with Crippen molar-refractivity contribution in [3.05, 3.63) is 54.8 Å². The molecule has 0 atom stereocenters. The molecule has 2 heterocycles. The first-order valence-electron chi connectivity index (χ1n) is 7.07. The number of benzene rings is 1. The molecule has 1 fully saturated rings. The third kappa shape index (κ3) is 2.89.